The van der Waals surface area contributed by atoms with Gasteiger partial charge in [-0.15, -0.1) is 0 Å². The lowest BCUT2D eigenvalue weighted by molar-refractivity contribution is -0.121. The van der Waals surface area contributed by atoms with Crippen molar-refractivity contribution >= 4 is 5.91 Å². The van der Waals surface area contributed by atoms with E-state index in [1.807, 2.05) is 32.1 Å². The number of aliphatic hydroxyl groups is 1. The fourth-order valence-corrected chi connectivity index (χ4v) is 0.970. The lowest BCUT2D eigenvalue weighted by Crippen LogP contribution is -2.35. The zero-order chi connectivity index (χ0) is 10.8. The highest BCUT2D eigenvalue weighted by molar-refractivity contribution is 5.76. The molecular weight excluding hydrogens is 178 g/mol. The van der Waals surface area contributed by atoms with Crippen LogP contribution in [0.4, 0.5) is 0 Å². The van der Waals surface area contributed by atoms with Crippen molar-refractivity contribution in [2.24, 2.45) is 0 Å². The SMILES string of the molecule is CC=CC=CC(CO)NC(=O)CCC. The number of rotatable bonds is 6. The average Bonchev–Trinajstić information content (AvgIpc) is 2.17. The Bertz CT molecular complexity index is 209. The summed E-state index contributed by atoms with van der Waals surface area (Å²) in [6, 6.07) is -0.273. The van der Waals surface area contributed by atoms with Crippen LogP contribution in [0.1, 0.15) is 26.7 Å². The van der Waals surface area contributed by atoms with E-state index < -0.39 is 0 Å². The smallest absolute Gasteiger partial charge is 0.220 e. The van der Waals surface area contributed by atoms with Gasteiger partial charge in [0.2, 0.25) is 5.91 Å². The minimum absolute atomic E-state index is 0.0170. The monoisotopic (exact) mass is 197 g/mol. The van der Waals surface area contributed by atoms with E-state index in [0.717, 1.165) is 6.42 Å². The van der Waals surface area contributed by atoms with E-state index in [1.54, 1.807) is 6.08 Å². The van der Waals surface area contributed by atoms with Gasteiger partial charge in [0.15, 0.2) is 0 Å². The van der Waals surface area contributed by atoms with Crippen LogP contribution in [0.3, 0.4) is 0 Å². The summed E-state index contributed by atoms with van der Waals surface area (Å²) in [7, 11) is 0. The predicted octanol–water partition coefficient (Wildman–Crippen LogP) is 1.40. The van der Waals surface area contributed by atoms with E-state index in [2.05, 4.69) is 5.32 Å². The Morgan fingerprint density at radius 3 is 2.71 bits per heavy atom. The highest BCUT2D eigenvalue weighted by atomic mass is 16.3. The second-order valence-corrected chi connectivity index (χ2v) is 3.02. The molecule has 3 nitrogen and oxygen atoms in total. The molecule has 0 aliphatic rings. The van der Waals surface area contributed by atoms with Gasteiger partial charge in [0.1, 0.15) is 0 Å². The number of carbonyl (C=O) groups excluding carboxylic acids is 1. The van der Waals surface area contributed by atoms with E-state index in [9.17, 15) is 4.79 Å². The van der Waals surface area contributed by atoms with Crippen molar-refractivity contribution in [3.05, 3.63) is 24.3 Å². The molecule has 0 aliphatic heterocycles. The van der Waals surface area contributed by atoms with Gasteiger partial charge >= 0.3 is 0 Å². The van der Waals surface area contributed by atoms with Crippen molar-refractivity contribution in [3.8, 4) is 0 Å². The number of aliphatic hydroxyl groups excluding tert-OH is 1. The first-order chi connectivity index (χ1) is 6.74. The Morgan fingerprint density at radius 2 is 2.21 bits per heavy atom. The highest BCUT2D eigenvalue weighted by Crippen LogP contribution is 1.91. The molecule has 3 heteroatoms. The van der Waals surface area contributed by atoms with Gasteiger partial charge in [-0.1, -0.05) is 31.2 Å². The number of hydrogen-bond donors (Lipinski definition) is 2. The summed E-state index contributed by atoms with van der Waals surface area (Å²) in [6.07, 6.45) is 8.66. The third-order valence-electron chi connectivity index (χ3n) is 1.67. The summed E-state index contributed by atoms with van der Waals surface area (Å²) in [5, 5.41) is 11.7. The second kappa shape index (κ2) is 8.51. The molecular formula is C11H19NO2. The van der Waals surface area contributed by atoms with Gasteiger partial charge in [-0.3, -0.25) is 4.79 Å². The second-order valence-electron chi connectivity index (χ2n) is 3.02. The van der Waals surface area contributed by atoms with E-state index in [0.29, 0.717) is 6.42 Å². The van der Waals surface area contributed by atoms with Gasteiger partial charge in [0.25, 0.3) is 0 Å². The third-order valence-corrected chi connectivity index (χ3v) is 1.67. The summed E-state index contributed by atoms with van der Waals surface area (Å²) in [5.41, 5.74) is 0. The van der Waals surface area contributed by atoms with Gasteiger partial charge in [0.05, 0.1) is 12.6 Å². The molecule has 0 aliphatic carbocycles. The predicted molar refractivity (Wildman–Crippen MR) is 57.9 cm³/mol. The molecule has 0 aromatic rings. The molecule has 0 rings (SSSR count). The molecule has 0 aromatic carbocycles. The molecule has 1 atom stereocenters. The normalized spacial score (nSPS) is 13.6. The minimum atomic E-state index is -0.273. The molecule has 80 valence electrons. The first kappa shape index (κ1) is 12.9. The van der Waals surface area contributed by atoms with Crippen LogP contribution in [0.25, 0.3) is 0 Å². The number of carbonyl (C=O) groups is 1. The number of hydrogen-bond acceptors (Lipinski definition) is 2. The highest BCUT2D eigenvalue weighted by Gasteiger charge is 2.05. The Balaban J connectivity index is 3.95. The summed E-state index contributed by atoms with van der Waals surface area (Å²) in [5.74, 6) is -0.0170. The molecule has 0 saturated carbocycles. The van der Waals surface area contributed by atoms with Crippen LogP contribution in [0.2, 0.25) is 0 Å². The molecule has 1 unspecified atom stereocenters. The van der Waals surface area contributed by atoms with Crippen molar-refractivity contribution in [2.45, 2.75) is 32.7 Å². The molecule has 0 fully saturated rings. The van der Waals surface area contributed by atoms with Crippen LogP contribution < -0.4 is 5.32 Å². The fourth-order valence-electron chi connectivity index (χ4n) is 0.970. The van der Waals surface area contributed by atoms with Gasteiger partial charge in [-0.2, -0.15) is 0 Å². The largest absolute Gasteiger partial charge is 0.394 e. The summed E-state index contributed by atoms with van der Waals surface area (Å²) in [6.45, 7) is 3.79. The van der Waals surface area contributed by atoms with Gasteiger partial charge < -0.3 is 10.4 Å². The van der Waals surface area contributed by atoms with Gasteiger partial charge in [-0.05, 0) is 13.3 Å². The van der Waals surface area contributed by atoms with Crippen LogP contribution in [0, 0.1) is 0 Å². The molecule has 1 amide bonds. The molecule has 0 radical (unpaired) electrons. The summed E-state index contributed by atoms with van der Waals surface area (Å²) in [4.78, 5) is 11.2. The lowest BCUT2D eigenvalue weighted by atomic mass is 10.2. The molecule has 0 spiro atoms. The molecule has 0 aromatic heterocycles. The Kier molecular flexibility index (Phi) is 7.84. The van der Waals surface area contributed by atoms with Crippen LogP contribution in [-0.2, 0) is 4.79 Å². The zero-order valence-electron chi connectivity index (χ0n) is 8.86. The standard InChI is InChI=1S/C11H19NO2/c1-3-5-6-8-10(9-13)12-11(14)7-4-2/h3,5-6,8,10,13H,4,7,9H2,1-2H3,(H,12,14). The Labute approximate surface area is 85.5 Å². The Morgan fingerprint density at radius 1 is 1.50 bits per heavy atom. The maximum Gasteiger partial charge on any atom is 0.220 e. The lowest BCUT2D eigenvalue weighted by Gasteiger charge is -2.11. The van der Waals surface area contributed by atoms with Gasteiger partial charge in [0, 0.05) is 6.42 Å². The van der Waals surface area contributed by atoms with Crippen molar-refractivity contribution in [3.63, 3.8) is 0 Å². The maximum atomic E-state index is 11.2. The zero-order valence-corrected chi connectivity index (χ0v) is 8.86. The van der Waals surface area contributed by atoms with E-state index in [4.69, 9.17) is 5.11 Å². The van der Waals surface area contributed by atoms with Crippen LogP contribution >= 0.6 is 0 Å². The molecule has 0 bridgehead atoms. The number of nitrogens with one attached hydrogen (secondary N) is 1. The first-order valence-corrected chi connectivity index (χ1v) is 4.94. The number of allylic oxidation sites excluding steroid dienone is 3. The Hall–Kier alpha value is -1.09. The molecule has 0 heterocycles. The van der Waals surface area contributed by atoms with Crippen LogP contribution in [0.15, 0.2) is 24.3 Å². The minimum Gasteiger partial charge on any atom is -0.394 e. The van der Waals surface area contributed by atoms with Crippen molar-refractivity contribution in [2.75, 3.05) is 6.61 Å². The number of amides is 1. The fraction of sp³-hybridized carbons (Fsp3) is 0.545. The molecule has 0 saturated heterocycles. The first-order valence-electron chi connectivity index (χ1n) is 4.94. The third kappa shape index (κ3) is 6.43. The van der Waals surface area contributed by atoms with Crippen LogP contribution in [0.5, 0.6) is 0 Å². The van der Waals surface area contributed by atoms with Crippen LogP contribution in [-0.4, -0.2) is 23.7 Å². The molecule has 2 N–H and O–H groups in total. The van der Waals surface area contributed by atoms with Gasteiger partial charge in [-0.25, -0.2) is 0 Å². The average molecular weight is 197 g/mol. The van der Waals surface area contributed by atoms with Crippen molar-refractivity contribution in [1.82, 2.24) is 5.32 Å². The maximum absolute atomic E-state index is 11.2. The molecule has 14 heavy (non-hydrogen) atoms. The summed E-state index contributed by atoms with van der Waals surface area (Å²) >= 11 is 0. The van der Waals surface area contributed by atoms with E-state index in [-0.39, 0.29) is 18.6 Å². The van der Waals surface area contributed by atoms with Crippen molar-refractivity contribution in [1.29, 1.82) is 0 Å². The quantitative estimate of drug-likeness (QED) is 0.632. The van der Waals surface area contributed by atoms with E-state index >= 15 is 0 Å². The van der Waals surface area contributed by atoms with E-state index in [1.165, 1.54) is 0 Å². The topological polar surface area (TPSA) is 49.3 Å². The summed E-state index contributed by atoms with van der Waals surface area (Å²) < 4.78 is 0. The van der Waals surface area contributed by atoms with Crippen molar-refractivity contribution < 1.29 is 9.90 Å².